The summed E-state index contributed by atoms with van der Waals surface area (Å²) in [5.74, 6) is 0. The molecule has 1 aromatic rings. The number of carbonyl (C=O) groups excluding carboxylic acids is 1. The zero-order chi connectivity index (χ0) is 10.7. The van der Waals surface area contributed by atoms with Crippen LogP contribution in [-0.4, -0.2) is 32.5 Å². The molecule has 0 aromatic heterocycles. The first-order valence-electron chi connectivity index (χ1n) is 5.33. The van der Waals surface area contributed by atoms with Crippen LogP contribution in [0.25, 0.3) is 0 Å². The van der Waals surface area contributed by atoms with Crippen molar-refractivity contribution in [1.29, 1.82) is 0 Å². The zero-order valence-corrected chi connectivity index (χ0v) is 8.99. The highest BCUT2D eigenvalue weighted by Crippen LogP contribution is 2.18. The van der Waals surface area contributed by atoms with Gasteiger partial charge in [-0.3, -0.25) is 4.79 Å². The molecule has 80 valence electrons. The molecule has 1 N–H and O–H groups in total. The van der Waals surface area contributed by atoms with Gasteiger partial charge >= 0.3 is 0 Å². The number of nitrogens with zero attached hydrogens (tertiary/aromatic N) is 1. The Labute approximate surface area is 90.1 Å². The number of anilines is 1. The van der Waals surface area contributed by atoms with Crippen molar-refractivity contribution in [2.75, 3.05) is 31.1 Å². The van der Waals surface area contributed by atoms with E-state index in [4.69, 9.17) is 0 Å². The third kappa shape index (κ3) is 2.18. The van der Waals surface area contributed by atoms with E-state index in [0.29, 0.717) is 0 Å². The van der Waals surface area contributed by atoms with E-state index in [2.05, 4.69) is 16.3 Å². The second-order valence-corrected chi connectivity index (χ2v) is 3.90. The van der Waals surface area contributed by atoms with Gasteiger partial charge in [0.25, 0.3) is 0 Å². The van der Waals surface area contributed by atoms with Crippen molar-refractivity contribution in [1.82, 2.24) is 5.32 Å². The minimum Gasteiger partial charge on any atom is -0.369 e. The van der Waals surface area contributed by atoms with Crippen molar-refractivity contribution in [2.24, 2.45) is 0 Å². The Kier molecular flexibility index (Phi) is 3.02. The molecule has 0 saturated carbocycles. The van der Waals surface area contributed by atoms with Crippen LogP contribution in [0.3, 0.4) is 0 Å². The predicted octanol–water partition coefficient (Wildman–Crippen LogP) is 1.22. The molecule has 0 aliphatic carbocycles. The normalized spacial score (nSPS) is 16.5. The summed E-state index contributed by atoms with van der Waals surface area (Å²) in [5, 5.41) is 3.32. The monoisotopic (exact) mass is 204 g/mol. The van der Waals surface area contributed by atoms with E-state index in [0.717, 1.165) is 43.6 Å². The summed E-state index contributed by atoms with van der Waals surface area (Å²) in [7, 11) is 0. The van der Waals surface area contributed by atoms with Crippen LogP contribution < -0.4 is 10.2 Å². The van der Waals surface area contributed by atoms with E-state index >= 15 is 0 Å². The third-order valence-corrected chi connectivity index (χ3v) is 2.86. The number of piperazine rings is 1. The van der Waals surface area contributed by atoms with Gasteiger partial charge in [-0.15, -0.1) is 0 Å². The summed E-state index contributed by atoms with van der Waals surface area (Å²) < 4.78 is 0. The summed E-state index contributed by atoms with van der Waals surface area (Å²) in [6.45, 7) is 6.14. The molecular formula is C12H16N2O. The smallest absolute Gasteiger partial charge is 0.150 e. The molecule has 0 radical (unpaired) electrons. The molecule has 1 aliphatic heterocycles. The standard InChI is InChI=1S/C12H16N2O/c1-10-8-12(3-2-11(10)9-15)14-6-4-13-5-7-14/h2-3,8-9,13H,4-7H2,1H3. The van der Waals surface area contributed by atoms with Gasteiger partial charge in [-0.2, -0.15) is 0 Å². The van der Waals surface area contributed by atoms with Crippen molar-refractivity contribution < 1.29 is 4.79 Å². The second-order valence-electron chi connectivity index (χ2n) is 3.90. The van der Waals surface area contributed by atoms with E-state index in [-0.39, 0.29) is 0 Å². The molecule has 3 nitrogen and oxygen atoms in total. The van der Waals surface area contributed by atoms with Crippen molar-refractivity contribution >= 4 is 12.0 Å². The van der Waals surface area contributed by atoms with Crippen molar-refractivity contribution in [3.8, 4) is 0 Å². The first-order chi connectivity index (χ1) is 7.31. The van der Waals surface area contributed by atoms with Crippen LogP contribution >= 0.6 is 0 Å². The number of rotatable bonds is 2. The van der Waals surface area contributed by atoms with Gasteiger partial charge in [0.2, 0.25) is 0 Å². The average molecular weight is 204 g/mol. The SMILES string of the molecule is Cc1cc(N2CCNCC2)ccc1C=O. The Morgan fingerprint density at radius 1 is 1.33 bits per heavy atom. The van der Waals surface area contributed by atoms with E-state index in [9.17, 15) is 4.79 Å². The van der Waals surface area contributed by atoms with E-state index in [1.165, 1.54) is 5.69 Å². The van der Waals surface area contributed by atoms with Crippen molar-refractivity contribution in [3.63, 3.8) is 0 Å². The van der Waals surface area contributed by atoms with Gasteiger partial charge in [0.15, 0.2) is 0 Å². The fourth-order valence-corrected chi connectivity index (χ4v) is 1.91. The number of hydrogen-bond donors (Lipinski definition) is 1. The summed E-state index contributed by atoms with van der Waals surface area (Å²) in [6.07, 6.45) is 0.914. The van der Waals surface area contributed by atoms with Gasteiger partial charge in [-0.05, 0) is 30.7 Å². The summed E-state index contributed by atoms with van der Waals surface area (Å²) in [4.78, 5) is 13.0. The summed E-state index contributed by atoms with van der Waals surface area (Å²) in [6, 6.07) is 6.02. The van der Waals surface area contributed by atoms with E-state index in [1.807, 2.05) is 19.1 Å². The van der Waals surface area contributed by atoms with Crippen LogP contribution in [0.2, 0.25) is 0 Å². The number of hydrogen-bond acceptors (Lipinski definition) is 3. The van der Waals surface area contributed by atoms with Crippen LogP contribution in [0.4, 0.5) is 5.69 Å². The lowest BCUT2D eigenvalue weighted by atomic mass is 10.1. The Bertz CT molecular complexity index is 357. The maximum atomic E-state index is 10.7. The molecular weight excluding hydrogens is 188 g/mol. The summed E-state index contributed by atoms with van der Waals surface area (Å²) >= 11 is 0. The Balaban J connectivity index is 2.21. The molecule has 1 aromatic carbocycles. The minimum atomic E-state index is 0.786. The van der Waals surface area contributed by atoms with Crippen LogP contribution in [0.15, 0.2) is 18.2 Å². The van der Waals surface area contributed by atoms with Crippen molar-refractivity contribution in [2.45, 2.75) is 6.92 Å². The Morgan fingerprint density at radius 2 is 2.07 bits per heavy atom. The molecule has 15 heavy (non-hydrogen) atoms. The molecule has 1 aliphatic rings. The maximum Gasteiger partial charge on any atom is 0.150 e. The number of benzene rings is 1. The molecule has 1 fully saturated rings. The van der Waals surface area contributed by atoms with Gasteiger partial charge in [0.05, 0.1) is 0 Å². The van der Waals surface area contributed by atoms with E-state index < -0.39 is 0 Å². The molecule has 0 amide bonds. The number of aldehydes is 1. The fourth-order valence-electron chi connectivity index (χ4n) is 1.91. The van der Waals surface area contributed by atoms with Gasteiger partial charge in [0, 0.05) is 37.4 Å². The van der Waals surface area contributed by atoms with Gasteiger partial charge in [-0.25, -0.2) is 0 Å². The average Bonchev–Trinajstić information content (AvgIpc) is 2.30. The first-order valence-corrected chi connectivity index (χ1v) is 5.33. The van der Waals surface area contributed by atoms with Crippen molar-refractivity contribution in [3.05, 3.63) is 29.3 Å². The van der Waals surface area contributed by atoms with Crippen LogP contribution in [0.1, 0.15) is 15.9 Å². The number of aryl methyl sites for hydroxylation is 1. The van der Waals surface area contributed by atoms with Gasteiger partial charge in [-0.1, -0.05) is 0 Å². The Morgan fingerprint density at radius 3 is 2.67 bits per heavy atom. The number of carbonyl (C=O) groups is 1. The van der Waals surface area contributed by atoms with Crippen LogP contribution in [0, 0.1) is 6.92 Å². The number of nitrogens with one attached hydrogen (secondary N) is 1. The molecule has 0 bridgehead atoms. The second kappa shape index (κ2) is 4.45. The largest absolute Gasteiger partial charge is 0.369 e. The lowest BCUT2D eigenvalue weighted by Crippen LogP contribution is -2.43. The maximum absolute atomic E-state index is 10.7. The van der Waals surface area contributed by atoms with Crippen LogP contribution in [-0.2, 0) is 0 Å². The first kappa shape index (κ1) is 10.2. The lowest BCUT2D eigenvalue weighted by Gasteiger charge is -2.29. The van der Waals surface area contributed by atoms with E-state index in [1.54, 1.807) is 0 Å². The predicted molar refractivity (Wildman–Crippen MR) is 61.6 cm³/mol. The molecule has 3 heteroatoms. The highest BCUT2D eigenvalue weighted by atomic mass is 16.1. The molecule has 0 spiro atoms. The molecule has 1 heterocycles. The molecule has 2 rings (SSSR count). The topological polar surface area (TPSA) is 32.3 Å². The molecule has 0 atom stereocenters. The molecule has 1 saturated heterocycles. The van der Waals surface area contributed by atoms with Gasteiger partial charge in [0.1, 0.15) is 6.29 Å². The Hall–Kier alpha value is -1.35. The zero-order valence-electron chi connectivity index (χ0n) is 8.99. The molecule has 0 unspecified atom stereocenters. The summed E-state index contributed by atoms with van der Waals surface area (Å²) in [5.41, 5.74) is 3.06. The highest BCUT2D eigenvalue weighted by molar-refractivity contribution is 5.78. The highest BCUT2D eigenvalue weighted by Gasteiger charge is 2.10. The van der Waals surface area contributed by atoms with Gasteiger partial charge < -0.3 is 10.2 Å². The third-order valence-electron chi connectivity index (χ3n) is 2.86. The van der Waals surface area contributed by atoms with Crippen LogP contribution in [0.5, 0.6) is 0 Å². The minimum absolute atomic E-state index is 0.786. The quantitative estimate of drug-likeness (QED) is 0.735. The lowest BCUT2D eigenvalue weighted by molar-refractivity contribution is 0.112. The fraction of sp³-hybridized carbons (Fsp3) is 0.417.